The van der Waals surface area contributed by atoms with E-state index in [1.165, 1.54) is 6.08 Å². The van der Waals surface area contributed by atoms with Gasteiger partial charge in [0.2, 0.25) is 5.79 Å². The lowest BCUT2D eigenvalue weighted by atomic mass is 10.3. The summed E-state index contributed by atoms with van der Waals surface area (Å²) in [5.74, 6) is -1.20. The van der Waals surface area contributed by atoms with Crippen LogP contribution in [0.1, 0.15) is 0 Å². The highest BCUT2D eigenvalue weighted by molar-refractivity contribution is 5.13. The second kappa shape index (κ2) is 1.87. The van der Waals surface area contributed by atoms with Crippen molar-refractivity contribution < 1.29 is 5.11 Å². The van der Waals surface area contributed by atoms with Crippen molar-refractivity contribution in [3.05, 3.63) is 11.8 Å². The molecule has 0 unspecified atom stereocenters. The van der Waals surface area contributed by atoms with E-state index in [4.69, 9.17) is 16.6 Å². The lowest BCUT2D eigenvalue weighted by molar-refractivity contribution is 0.329. The summed E-state index contributed by atoms with van der Waals surface area (Å²) in [5.41, 5.74) is 11.0. The fraction of sp³-hybridized carbons (Fsp3) is 0.500. The Balaban J connectivity index is 2.74. The molecule has 0 spiro atoms. The molecule has 9 heavy (non-hydrogen) atoms. The molecule has 5 N–H and O–H groups in total. The van der Waals surface area contributed by atoms with E-state index in [0.717, 1.165) is 0 Å². The molecule has 1 aliphatic heterocycles. The summed E-state index contributed by atoms with van der Waals surface area (Å²) < 4.78 is 0. The summed E-state index contributed by atoms with van der Waals surface area (Å²) >= 11 is 0. The molecule has 1 rings (SSSR count). The lowest BCUT2D eigenvalue weighted by Crippen LogP contribution is -2.43. The molecule has 0 atom stereocenters. The minimum Gasteiger partial charge on any atom is -0.390 e. The van der Waals surface area contributed by atoms with E-state index in [1.54, 1.807) is 0 Å². The number of aliphatic hydroxyl groups is 1. The van der Waals surface area contributed by atoms with Crippen LogP contribution in [0.25, 0.3) is 0 Å². The van der Waals surface area contributed by atoms with Crippen LogP contribution in [-0.2, 0) is 0 Å². The van der Waals surface area contributed by atoms with Crippen LogP contribution >= 0.6 is 0 Å². The molecule has 5 nitrogen and oxygen atoms in total. The Bertz CT molecular complexity index is 171. The van der Waals surface area contributed by atoms with Crippen LogP contribution in [0.4, 0.5) is 0 Å². The minimum absolute atomic E-state index is 0.167. The van der Waals surface area contributed by atoms with Gasteiger partial charge in [0, 0.05) is 0 Å². The van der Waals surface area contributed by atoms with Crippen LogP contribution in [0.2, 0.25) is 0 Å². The zero-order valence-corrected chi connectivity index (χ0v) is 4.78. The van der Waals surface area contributed by atoms with E-state index in [1.807, 2.05) is 0 Å². The maximum absolute atomic E-state index is 8.47. The summed E-state index contributed by atoms with van der Waals surface area (Å²) in [6.45, 7) is -0.167. The topological polar surface area (TPSA) is 97.0 Å². The SMILES string of the molecule is NC1(N)C=C(CO)N=N1. The van der Waals surface area contributed by atoms with E-state index in [0.29, 0.717) is 5.70 Å². The molecule has 1 heterocycles. The van der Waals surface area contributed by atoms with Gasteiger partial charge >= 0.3 is 0 Å². The molecule has 50 valence electrons. The number of aliphatic hydroxyl groups excluding tert-OH is 1. The zero-order valence-electron chi connectivity index (χ0n) is 4.78. The Morgan fingerprint density at radius 2 is 2.33 bits per heavy atom. The smallest absolute Gasteiger partial charge is 0.201 e. The van der Waals surface area contributed by atoms with Crippen LogP contribution in [0, 0.1) is 0 Å². The van der Waals surface area contributed by atoms with Gasteiger partial charge < -0.3 is 5.11 Å². The van der Waals surface area contributed by atoms with Crippen molar-refractivity contribution in [3.8, 4) is 0 Å². The average molecular weight is 128 g/mol. The first-order valence-corrected chi connectivity index (χ1v) is 2.47. The van der Waals surface area contributed by atoms with Crippen molar-refractivity contribution in [2.45, 2.75) is 5.79 Å². The van der Waals surface area contributed by atoms with Gasteiger partial charge in [-0.3, -0.25) is 11.5 Å². The second-order valence-corrected chi connectivity index (χ2v) is 1.88. The molecule has 0 aromatic heterocycles. The Morgan fingerprint density at radius 1 is 1.67 bits per heavy atom. The highest BCUT2D eigenvalue weighted by Gasteiger charge is 2.20. The maximum atomic E-state index is 8.47. The van der Waals surface area contributed by atoms with E-state index in [2.05, 4.69) is 10.2 Å². The fourth-order valence-electron chi connectivity index (χ4n) is 0.553. The minimum atomic E-state index is -1.20. The summed E-state index contributed by atoms with van der Waals surface area (Å²) in [5, 5.41) is 15.4. The standard InChI is InChI=1S/C4H8N4O/c5-4(6)1-3(2-9)7-8-4/h1,9H,2,5-6H2. The Hall–Kier alpha value is -0.780. The van der Waals surface area contributed by atoms with Crippen LogP contribution in [0.5, 0.6) is 0 Å². The number of nitrogens with two attached hydrogens (primary N) is 2. The van der Waals surface area contributed by atoms with Crippen LogP contribution in [0.3, 0.4) is 0 Å². The van der Waals surface area contributed by atoms with Gasteiger partial charge in [0.15, 0.2) is 0 Å². The third-order valence-corrected chi connectivity index (χ3v) is 0.911. The number of hydrogen-bond donors (Lipinski definition) is 3. The fourth-order valence-corrected chi connectivity index (χ4v) is 0.553. The molecule has 0 bridgehead atoms. The van der Waals surface area contributed by atoms with Crippen molar-refractivity contribution >= 4 is 0 Å². The van der Waals surface area contributed by atoms with E-state index in [-0.39, 0.29) is 6.61 Å². The quantitative estimate of drug-likeness (QED) is 0.391. The van der Waals surface area contributed by atoms with Crippen molar-refractivity contribution in [2.75, 3.05) is 6.61 Å². The first-order chi connectivity index (χ1) is 4.14. The second-order valence-electron chi connectivity index (χ2n) is 1.88. The van der Waals surface area contributed by atoms with E-state index < -0.39 is 5.79 Å². The van der Waals surface area contributed by atoms with Gasteiger partial charge in [-0.25, -0.2) is 0 Å². The molecule has 0 fully saturated rings. The number of hydrogen-bond acceptors (Lipinski definition) is 5. The molecule has 0 aliphatic carbocycles. The summed E-state index contributed by atoms with van der Waals surface area (Å²) in [6, 6.07) is 0. The molecule has 5 heteroatoms. The summed E-state index contributed by atoms with van der Waals surface area (Å²) in [4.78, 5) is 0. The third-order valence-electron chi connectivity index (χ3n) is 0.911. The Labute approximate surface area is 52.1 Å². The van der Waals surface area contributed by atoms with Crippen molar-refractivity contribution in [2.24, 2.45) is 21.7 Å². The van der Waals surface area contributed by atoms with Crippen molar-refractivity contribution in [1.82, 2.24) is 0 Å². The molecule has 0 saturated carbocycles. The van der Waals surface area contributed by atoms with Gasteiger partial charge in [-0.05, 0) is 6.08 Å². The lowest BCUT2D eigenvalue weighted by Gasteiger charge is -2.05. The van der Waals surface area contributed by atoms with Crippen LogP contribution < -0.4 is 11.5 Å². The molecule has 0 amide bonds. The van der Waals surface area contributed by atoms with E-state index >= 15 is 0 Å². The molecule has 0 radical (unpaired) electrons. The largest absolute Gasteiger partial charge is 0.390 e. The highest BCUT2D eigenvalue weighted by atomic mass is 16.3. The molecule has 0 saturated heterocycles. The Morgan fingerprint density at radius 3 is 2.56 bits per heavy atom. The third kappa shape index (κ3) is 1.32. The highest BCUT2D eigenvalue weighted by Crippen LogP contribution is 2.12. The summed E-state index contributed by atoms with van der Waals surface area (Å²) in [7, 11) is 0. The van der Waals surface area contributed by atoms with Gasteiger partial charge in [0.05, 0.1) is 12.3 Å². The number of rotatable bonds is 1. The first-order valence-electron chi connectivity index (χ1n) is 2.47. The maximum Gasteiger partial charge on any atom is 0.201 e. The van der Waals surface area contributed by atoms with Gasteiger partial charge in [-0.1, -0.05) is 0 Å². The normalized spacial score (nSPS) is 22.3. The molecule has 0 aromatic rings. The first kappa shape index (κ1) is 6.34. The van der Waals surface area contributed by atoms with Crippen LogP contribution in [0.15, 0.2) is 22.0 Å². The van der Waals surface area contributed by atoms with Crippen LogP contribution in [-0.4, -0.2) is 17.5 Å². The van der Waals surface area contributed by atoms with Gasteiger partial charge in [0.1, 0.15) is 0 Å². The van der Waals surface area contributed by atoms with E-state index in [9.17, 15) is 0 Å². The predicted octanol–water partition coefficient (Wildman–Crippen LogP) is -1.10. The van der Waals surface area contributed by atoms with Gasteiger partial charge in [0.25, 0.3) is 0 Å². The Kier molecular flexibility index (Phi) is 1.32. The zero-order chi connectivity index (χ0) is 6.91. The average Bonchev–Trinajstić information content (AvgIpc) is 2.10. The van der Waals surface area contributed by atoms with Crippen molar-refractivity contribution in [1.29, 1.82) is 0 Å². The number of azo groups is 1. The van der Waals surface area contributed by atoms with Crippen molar-refractivity contribution in [3.63, 3.8) is 0 Å². The summed E-state index contributed by atoms with van der Waals surface area (Å²) in [6.07, 6.45) is 1.41. The number of nitrogens with zero attached hydrogens (tertiary/aromatic N) is 2. The van der Waals surface area contributed by atoms with Gasteiger partial charge in [-0.2, -0.15) is 5.11 Å². The monoisotopic (exact) mass is 128 g/mol. The predicted molar refractivity (Wildman–Crippen MR) is 31.1 cm³/mol. The molecular formula is C4H8N4O. The molecule has 1 aliphatic rings. The molecular weight excluding hydrogens is 120 g/mol. The molecule has 0 aromatic carbocycles. The van der Waals surface area contributed by atoms with Gasteiger partial charge in [-0.15, -0.1) is 5.11 Å².